The molecule has 0 aliphatic carbocycles. The van der Waals surface area contributed by atoms with Crippen LogP contribution < -0.4 is 5.32 Å². The van der Waals surface area contributed by atoms with Crippen LogP contribution in [0.15, 0.2) is 30.3 Å². The highest BCUT2D eigenvalue weighted by molar-refractivity contribution is 5.85. The Morgan fingerprint density at radius 3 is 2.33 bits per heavy atom. The summed E-state index contributed by atoms with van der Waals surface area (Å²) in [7, 11) is 0. The highest BCUT2D eigenvalue weighted by Gasteiger charge is 2.05. The molecular weight excluding hydrogens is 210 g/mol. The Labute approximate surface area is 98.1 Å². The molecule has 0 fully saturated rings. The molecule has 0 heterocycles. The molecule has 2 N–H and O–H groups in total. The second kappa shape index (κ2) is 7.69. The number of aliphatic hydroxyl groups excluding tert-OH is 1. The molecule has 0 saturated heterocycles. The van der Waals surface area contributed by atoms with Crippen molar-refractivity contribution in [1.82, 2.24) is 5.32 Å². The van der Waals surface area contributed by atoms with Crippen LogP contribution in [0.1, 0.15) is 25.3 Å². The molecule has 1 aromatic carbocycles. The minimum atomic E-state index is 0. The Bertz CT molecular complexity index is 253. The first kappa shape index (κ1) is 14.4. The summed E-state index contributed by atoms with van der Waals surface area (Å²) in [5, 5.41) is 12.1. The van der Waals surface area contributed by atoms with Crippen molar-refractivity contribution in [2.75, 3.05) is 13.2 Å². The highest BCUT2D eigenvalue weighted by Crippen LogP contribution is 2.12. The largest absolute Gasteiger partial charge is 0.395 e. The number of halogens is 1. The SMILES string of the molecule is CC(CN[C@@H](C)CO)c1ccccc1.Cl. The summed E-state index contributed by atoms with van der Waals surface area (Å²) in [6, 6.07) is 10.6. The Kier molecular flexibility index (Phi) is 7.39. The molecule has 0 aliphatic heterocycles. The third-order valence-corrected chi connectivity index (χ3v) is 2.41. The van der Waals surface area contributed by atoms with Crippen LogP contribution in [0.3, 0.4) is 0 Å². The maximum Gasteiger partial charge on any atom is 0.0581 e. The summed E-state index contributed by atoms with van der Waals surface area (Å²) in [5.41, 5.74) is 1.34. The minimum Gasteiger partial charge on any atom is -0.395 e. The zero-order valence-corrected chi connectivity index (χ0v) is 10.1. The molecule has 0 aromatic heterocycles. The van der Waals surface area contributed by atoms with Crippen molar-refractivity contribution < 1.29 is 5.11 Å². The van der Waals surface area contributed by atoms with Crippen LogP contribution in [0, 0.1) is 0 Å². The summed E-state index contributed by atoms with van der Waals surface area (Å²) in [6.45, 7) is 5.28. The number of hydrogen-bond donors (Lipinski definition) is 2. The first-order valence-corrected chi connectivity index (χ1v) is 5.13. The van der Waals surface area contributed by atoms with Crippen molar-refractivity contribution >= 4 is 12.4 Å². The third kappa shape index (κ3) is 5.17. The average molecular weight is 230 g/mol. The van der Waals surface area contributed by atoms with Crippen molar-refractivity contribution in [2.45, 2.75) is 25.8 Å². The van der Waals surface area contributed by atoms with E-state index in [-0.39, 0.29) is 25.1 Å². The number of benzene rings is 1. The van der Waals surface area contributed by atoms with Crippen LogP contribution in [0.2, 0.25) is 0 Å². The molecule has 1 rings (SSSR count). The molecule has 0 aliphatic rings. The maximum absolute atomic E-state index is 8.86. The highest BCUT2D eigenvalue weighted by atomic mass is 35.5. The van der Waals surface area contributed by atoms with E-state index in [0.29, 0.717) is 5.92 Å². The average Bonchev–Trinajstić information content (AvgIpc) is 2.26. The van der Waals surface area contributed by atoms with Crippen molar-refractivity contribution in [1.29, 1.82) is 0 Å². The fourth-order valence-electron chi connectivity index (χ4n) is 1.34. The van der Waals surface area contributed by atoms with Crippen LogP contribution in [-0.4, -0.2) is 24.3 Å². The van der Waals surface area contributed by atoms with Gasteiger partial charge in [0.05, 0.1) is 6.61 Å². The van der Waals surface area contributed by atoms with Gasteiger partial charge in [0.2, 0.25) is 0 Å². The normalized spacial score (nSPS) is 14.1. The zero-order chi connectivity index (χ0) is 10.4. The lowest BCUT2D eigenvalue weighted by Gasteiger charge is -2.16. The van der Waals surface area contributed by atoms with Crippen LogP contribution in [0.5, 0.6) is 0 Å². The van der Waals surface area contributed by atoms with Crippen LogP contribution in [0.25, 0.3) is 0 Å². The van der Waals surface area contributed by atoms with Crippen LogP contribution in [0.4, 0.5) is 0 Å². The van der Waals surface area contributed by atoms with Gasteiger partial charge in [0.15, 0.2) is 0 Å². The van der Waals surface area contributed by atoms with Gasteiger partial charge < -0.3 is 10.4 Å². The Morgan fingerprint density at radius 2 is 1.80 bits per heavy atom. The fraction of sp³-hybridized carbons (Fsp3) is 0.500. The van der Waals surface area contributed by atoms with E-state index >= 15 is 0 Å². The van der Waals surface area contributed by atoms with Crippen molar-refractivity contribution in [3.05, 3.63) is 35.9 Å². The lowest BCUT2D eigenvalue weighted by molar-refractivity contribution is 0.250. The van der Waals surface area contributed by atoms with Crippen LogP contribution >= 0.6 is 12.4 Å². The van der Waals surface area contributed by atoms with Gasteiger partial charge >= 0.3 is 0 Å². The molecule has 1 unspecified atom stereocenters. The van der Waals surface area contributed by atoms with E-state index in [9.17, 15) is 0 Å². The first-order valence-electron chi connectivity index (χ1n) is 5.13. The molecule has 1 aromatic rings. The minimum absolute atomic E-state index is 0. The van der Waals surface area contributed by atoms with Gasteiger partial charge in [-0.15, -0.1) is 12.4 Å². The van der Waals surface area contributed by atoms with E-state index in [4.69, 9.17) is 5.11 Å². The lowest BCUT2D eigenvalue weighted by Crippen LogP contribution is -2.32. The lowest BCUT2D eigenvalue weighted by atomic mass is 10.0. The van der Waals surface area contributed by atoms with Gasteiger partial charge in [-0.3, -0.25) is 0 Å². The van der Waals surface area contributed by atoms with Gasteiger partial charge in [0.1, 0.15) is 0 Å². The summed E-state index contributed by atoms with van der Waals surface area (Å²) >= 11 is 0. The molecule has 0 spiro atoms. The first-order chi connectivity index (χ1) is 6.74. The molecule has 2 nitrogen and oxygen atoms in total. The van der Waals surface area contributed by atoms with Gasteiger partial charge in [0.25, 0.3) is 0 Å². The van der Waals surface area contributed by atoms with Crippen LogP contribution in [-0.2, 0) is 0 Å². The number of nitrogens with one attached hydrogen (secondary N) is 1. The molecule has 86 valence electrons. The van der Waals surface area contributed by atoms with Gasteiger partial charge in [-0.1, -0.05) is 37.3 Å². The predicted octanol–water partition coefficient (Wildman–Crippen LogP) is 2.18. The van der Waals surface area contributed by atoms with E-state index in [1.807, 2.05) is 13.0 Å². The van der Waals surface area contributed by atoms with Gasteiger partial charge in [0, 0.05) is 12.6 Å². The quantitative estimate of drug-likeness (QED) is 0.811. The molecule has 3 heteroatoms. The Morgan fingerprint density at radius 1 is 1.20 bits per heavy atom. The second-order valence-electron chi connectivity index (χ2n) is 3.80. The number of rotatable bonds is 5. The van der Waals surface area contributed by atoms with E-state index < -0.39 is 0 Å². The smallest absolute Gasteiger partial charge is 0.0581 e. The van der Waals surface area contributed by atoms with E-state index in [1.165, 1.54) is 5.56 Å². The van der Waals surface area contributed by atoms with Crippen molar-refractivity contribution in [3.63, 3.8) is 0 Å². The molecular formula is C12H20ClNO. The second-order valence-corrected chi connectivity index (χ2v) is 3.80. The number of hydrogen-bond acceptors (Lipinski definition) is 2. The van der Waals surface area contributed by atoms with Gasteiger partial charge in [-0.05, 0) is 18.4 Å². The monoisotopic (exact) mass is 229 g/mol. The summed E-state index contributed by atoms with van der Waals surface area (Å²) in [6.07, 6.45) is 0. The Hall–Kier alpha value is -0.570. The molecule has 0 amide bonds. The van der Waals surface area contributed by atoms with Gasteiger partial charge in [-0.25, -0.2) is 0 Å². The fourth-order valence-corrected chi connectivity index (χ4v) is 1.34. The van der Waals surface area contributed by atoms with Gasteiger partial charge in [-0.2, -0.15) is 0 Å². The molecule has 15 heavy (non-hydrogen) atoms. The predicted molar refractivity (Wildman–Crippen MR) is 66.7 cm³/mol. The maximum atomic E-state index is 8.86. The summed E-state index contributed by atoms with van der Waals surface area (Å²) in [4.78, 5) is 0. The van der Waals surface area contributed by atoms with E-state index in [1.54, 1.807) is 0 Å². The third-order valence-electron chi connectivity index (χ3n) is 2.41. The number of aliphatic hydroxyl groups is 1. The topological polar surface area (TPSA) is 32.3 Å². The molecule has 0 bridgehead atoms. The standard InChI is InChI=1S/C12H19NO.ClH/c1-10(8-13-11(2)9-14)12-6-4-3-5-7-12;/h3-7,10-11,13-14H,8-9H2,1-2H3;1H/t10?,11-;/m0./s1. The molecule has 0 saturated carbocycles. The molecule has 2 atom stereocenters. The molecule has 0 radical (unpaired) electrons. The summed E-state index contributed by atoms with van der Waals surface area (Å²) < 4.78 is 0. The van der Waals surface area contributed by atoms with Crippen molar-refractivity contribution in [3.8, 4) is 0 Å². The Balaban J connectivity index is 0.00000196. The van der Waals surface area contributed by atoms with E-state index in [2.05, 4.69) is 36.5 Å². The van der Waals surface area contributed by atoms with Crippen molar-refractivity contribution in [2.24, 2.45) is 0 Å². The summed E-state index contributed by atoms with van der Waals surface area (Å²) in [5.74, 6) is 0.491. The van der Waals surface area contributed by atoms with E-state index in [0.717, 1.165) is 6.54 Å². The zero-order valence-electron chi connectivity index (χ0n) is 9.31.